The lowest BCUT2D eigenvalue weighted by Gasteiger charge is -2.15. The van der Waals surface area contributed by atoms with Crippen molar-refractivity contribution >= 4 is 11.6 Å². The van der Waals surface area contributed by atoms with Gasteiger partial charge in [0, 0.05) is 18.5 Å². The Morgan fingerprint density at radius 2 is 1.95 bits per heavy atom. The maximum atomic E-state index is 10.2. The zero-order valence-electron chi connectivity index (χ0n) is 12.5. The average Bonchev–Trinajstić information content (AvgIpc) is 2.50. The van der Waals surface area contributed by atoms with Gasteiger partial charge >= 0.3 is 0 Å². The SMILES string of the molecule is CCCc1nc(N)c(C)c(NCC(O)c2ccccc2)n1. The van der Waals surface area contributed by atoms with Crippen LogP contribution in [0.4, 0.5) is 11.6 Å². The lowest BCUT2D eigenvalue weighted by Crippen LogP contribution is -2.15. The third kappa shape index (κ3) is 3.92. The molecule has 2 rings (SSSR count). The second-order valence-corrected chi connectivity index (χ2v) is 5.06. The van der Waals surface area contributed by atoms with Crippen molar-refractivity contribution in [2.45, 2.75) is 32.8 Å². The molecular weight excluding hydrogens is 264 g/mol. The zero-order chi connectivity index (χ0) is 15.2. The van der Waals surface area contributed by atoms with E-state index in [1.165, 1.54) is 0 Å². The number of aliphatic hydroxyl groups is 1. The summed E-state index contributed by atoms with van der Waals surface area (Å²) in [5.74, 6) is 1.92. The number of benzene rings is 1. The Labute approximate surface area is 125 Å². The summed E-state index contributed by atoms with van der Waals surface area (Å²) in [4.78, 5) is 8.75. The smallest absolute Gasteiger partial charge is 0.134 e. The van der Waals surface area contributed by atoms with Crippen LogP contribution in [0, 0.1) is 6.92 Å². The topological polar surface area (TPSA) is 84.1 Å². The first-order chi connectivity index (χ1) is 10.1. The Bertz CT molecular complexity index is 586. The van der Waals surface area contributed by atoms with Crippen LogP contribution in [0.15, 0.2) is 30.3 Å². The summed E-state index contributed by atoms with van der Waals surface area (Å²) in [6.45, 7) is 4.33. The standard InChI is InChI=1S/C16H22N4O/c1-3-7-14-19-15(17)11(2)16(20-14)18-10-13(21)12-8-5-4-6-9-12/h4-6,8-9,13,21H,3,7,10H2,1-2H3,(H3,17,18,19,20). The first kappa shape index (κ1) is 15.3. The summed E-state index contributed by atoms with van der Waals surface area (Å²) in [6.07, 6.45) is 1.17. The number of nitrogen functional groups attached to an aromatic ring is 1. The molecule has 112 valence electrons. The van der Waals surface area contributed by atoms with E-state index in [9.17, 15) is 5.11 Å². The van der Waals surface area contributed by atoms with Crippen molar-refractivity contribution < 1.29 is 5.11 Å². The highest BCUT2D eigenvalue weighted by Crippen LogP contribution is 2.19. The van der Waals surface area contributed by atoms with Crippen LogP contribution in [-0.2, 0) is 6.42 Å². The van der Waals surface area contributed by atoms with Gasteiger partial charge in [0.2, 0.25) is 0 Å². The van der Waals surface area contributed by atoms with Gasteiger partial charge in [-0.15, -0.1) is 0 Å². The van der Waals surface area contributed by atoms with Crippen molar-refractivity contribution in [1.82, 2.24) is 9.97 Å². The van der Waals surface area contributed by atoms with Crippen molar-refractivity contribution in [3.63, 3.8) is 0 Å². The van der Waals surface area contributed by atoms with Gasteiger partial charge < -0.3 is 16.2 Å². The monoisotopic (exact) mass is 286 g/mol. The van der Waals surface area contributed by atoms with E-state index >= 15 is 0 Å². The molecular formula is C16H22N4O. The van der Waals surface area contributed by atoms with Crippen LogP contribution in [0.25, 0.3) is 0 Å². The van der Waals surface area contributed by atoms with Crippen molar-refractivity contribution in [1.29, 1.82) is 0 Å². The van der Waals surface area contributed by atoms with Crippen LogP contribution >= 0.6 is 0 Å². The Morgan fingerprint density at radius 3 is 2.62 bits per heavy atom. The lowest BCUT2D eigenvalue weighted by atomic mass is 10.1. The van der Waals surface area contributed by atoms with E-state index in [0.717, 1.165) is 29.8 Å². The molecule has 0 amide bonds. The first-order valence-electron chi connectivity index (χ1n) is 7.21. The second-order valence-electron chi connectivity index (χ2n) is 5.06. The Morgan fingerprint density at radius 1 is 1.24 bits per heavy atom. The number of hydrogen-bond donors (Lipinski definition) is 3. The van der Waals surface area contributed by atoms with Gasteiger partial charge in [-0.1, -0.05) is 37.3 Å². The maximum absolute atomic E-state index is 10.2. The van der Waals surface area contributed by atoms with Gasteiger partial charge in [0.1, 0.15) is 17.5 Å². The van der Waals surface area contributed by atoms with Crippen molar-refractivity contribution in [3.8, 4) is 0 Å². The van der Waals surface area contributed by atoms with Crippen molar-refractivity contribution in [3.05, 3.63) is 47.3 Å². The molecule has 2 aromatic rings. The number of aliphatic hydroxyl groups excluding tert-OH is 1. The Balaban J connectivity index is 2.09. The molecule has 0 aliphatic carbocycles. The molecule has 0 saturated carbocycles. The quantitative estimate of drug-likeness (QED) is 0.759. The normalized spacial score (nSPS) is 12.1. The predicted molar refractivity (Wildman–Crippen MR) is 85.1 cm³/mol. The highest BCUT2D eigenvalue weighted by atomic mass is 16.3. The van der Waals surface area contributed by atoms with Gasteiger partial charge in [-0.2, -0.15) is 0 Å². The fourth-order valence-corrected chi connectivity index (χ4v) is 2.08. The van der Waals surface area contributed by atoms with E-state index in [-0.39, 0.29) is 0 Å². The number of hydrogen-bond acceptors (Lipinski definition) is 5. The van der Waals surface area contributed by atoms with Crippen LogP contribution in [0.5, 0.6) is 0 Å². The molecule has 1 heterocycles. The predicted octanol–water partition coefficient (Wildman–Crippen LogP) is 2.47. The van der Waals surface area contributed by atoms with Gasteiger partial charge in [-0.05, 0) is 18.9 Å². The third-order valence-corrected chi connectivity index (χ3v) is 3.35. The third-order valence-electron chi connectivity index (χ3n) is 3.35. The number of nitrogens with one attached hydrogen (secondary N) is 1. The highest BCUT2D eigenvalue weighted by Gasteiger charge is 2.11. The summed E-state index contributed by atoms with van der Waals surface area (Å²) < 4.78 is 0. The molecule has 4 N–H and O–H groups in total. The molecule has 5 heteroatoms. The molecule has 0 saturated heterocycles. The Kier molecular flexibility index (Phi) is 5.11. The second kappa shape index (κ2) is 7.04. The van der Waals surface area contributed by atoms with Crippen LogP contribution in [-0.4, -0.2) is 21.6 Å². The van der Waals surface area contributed by atoms with Crippen LogP contribution < -0.4 is 11.1 Å². The average molecular weight is 286 g/mol. The number of nitrogens with two attached hydrogens (primary N) is 1. The minimum absolute atomic E-state index is 0.382. The fourth-order valence-electron chi connectivity index (χ4n) is 2.08. The summed E-state index contributed by atoms with van der Waals surface area (Å²) in [5, 5.41) is 13.3. The van der Waals surface area contributed by atoms with Gasteiger partial charge in [0.15, 0.2) is 0 Å². The minimum atomic E-state index is -0.587. The summed E-state index contributed by atoms with van der Waals surface area (Å²) in [5.41, 5.74) is 7.60. The fraction of sp³-hybridized carbons (Fsp3) is 0.375. The molecule has 0 aliphatic rings. The lowest BCUT2D eigenvalue weighted by molar-refractivity contribution is 0.191. The number of anilines is 2. The zero-order valence-corrected chi connectivity index (χ0v) is 12.5. The molecule has 21 heavy (non-hydrogen) atoms. The molecule has 0 aliphatic heterocycles. The van der Waals surface area contributed by atoms with E-state index in [1.807, 2.05) is 37.3 Å². The van der Waals surface area contributed by atoms with Crippen LogP contribution in [0.2, 0.25) is 0 Å². The van der Waals surface area contributed by atoms with Gasteiger partial charge in [-0.3, -0.25) is 0 Å². The first-order valence-corrected chi connectivity index (χ1v) is 7.21. The molecule has 0 spiro atoms. The number of aryl methyl sites for hydroxylation is 1. The number of nitrogens with zero attached hydrogens (tertiary/aromatic N) is 2. The molecule has 0 fully saturated rings. The number of rotatable bonds is 6. The molecule has 1 unspecified atom stereocenters. The van der Waals surface area contributed by atoms with E-state index in [0.29, 0.717) is 18.2 Å². The molecule has 1 aromatic heterocycles. The molecule has 0 bridgehead atoms. The largest absolute Gasteiger partial charge is 0.387 e. The van der Waals surface area contributed by atoms with Gasteiger partial charge in [-0.25, -0.2) is 9.97 Å². The van der Waals surface area contributed by atoms with Crippen molar-refractivity contribution in [2.75, 3.05) is 17.6 Å². The molecule has 5 nitrogen and oxygen atoms in total. The maximum Gasteiger partial charge on any atom is 0.134 e. The molecule has 0 radical (unpaired) electrons. The number of aromatic nitrogens is 2. The summed E-state index contributed by atoms with van der Waals surface area (Å²) in [6, 6.07) is 9.54. The highest BCUT2D eigenvalue weighted by molar-refractivity contribution is 5.54. The van der Waals surface area contributed by atoms with E-state index in [1.54, 1.807) is 0 Å². The van der Waals surface area contributed by atoms with E-state index in [4.69, 9.17) is 5.73 Å². The van der Waals surface area contributed by atoms with Crippen LogP contribution in [0.1, 0.15) is 36.4 Å². The van der Waals surface area contributed by atoms with E-state index in [2.05, 4.69) is 22.2 Å². The van der Waals surface area contributed by atoms with Crippen LogP contribution in [0.3, 0.4) is 0 Å². The Hall–Kier alpha value is -2.14. The minimum Gasteiger partial charge on any atom is -0.387 e. The van der Waals surface area contributed by atoms with Gasteiger partial charge in [0.05, 0.1) is 6.10 Å². The summed E-state index contributed by atoms with van der Waals surface area (Å²) >= 11 is 0. The molecule has 1 aromatic carbocycles. The van der Waals surface area contributed by atoms with E-state index < -0.39 is 6.10 Å². The molecule has 1 atom stereocenters. The van der Waals surface area contributed by atoms with Crippen molar-refractivity contribution in [2.24, 2.45) is 0 Å². The summed E-state index contributed by atoms with van der Waals surface area (Å²) in [7, 11) is 0. The van der Waals surface area contributed by atoms with Gasteiger partial charge in [0.25, 0.3) is 0 Å².